The van der Waals surface area contributed by atoms with E-state index in [1.165, 1.54) is 6.42 Å². The number of rotatable bonds is 5. The van der Waals surface area contributed by atoms with E-state index in [0.717, 1.165) is 12.8 Å². The van der Waals surface area contributed by atoms with Crippen molar-refractivity contribution in [1.29, 1.82) is 0 Å². The summed E-state index contributed by atoms with van der Waals surface area (Å²) in [5.41, 5.74) is 0.653. The molecule has 0 spiro atoms. The van der Waals surface area contributed by atoms with Crippen LogP contribution in [0.4, 0.5) is 0 Å². The average Bonchev–Trinajstić information content (AvgIpc) is 2.67. The molecular formula is C23H33ClO4. The molecule has 1 saturated carbocycles. The number of para-hydroxylation sites is 1. The van der Waals surface area contributed by atoms with Gasteiger partial charge in [0.25, 0.3) is 0 Å². The van der Waals surface area contributed by atoms with Crippen molar-refractivity contribution >= 4 is 17.6 Å². The molecule has 0 saturated heterocycles. The van der Waals surface area contributed by atoms with Crippen molar-refractivity contribution in [3.05, 3.63) is 28.8 Å². The fraction of sp³-hybridized carbons (Fsp3) is 0.696. The summed E-state index contributed by atoms with van der Waals surface area (Å²) in [5, 5.41) is 0.497. The van der Waals surface area contributed by atoms with E-state index >= 15 is 0 Å². The van der Waals surface area contributed by atoms with E-state index < -0.39 is 11.9 Å². The molecule has 1 heterocycles. The third kappa shape index (κ3) is 4.18. The van der Waals surface area contributed by atoms with Crippen molar-refractivity contribution < 1.29 is 19.0 Å². The second-order valence-corrected chi connectivity index (χ2v) is 9.08. The molecule has 1 fully saturated rings. The normalized spacial score (nSPS) is 29.1. The number of carbonyl (C=O) groups excluding carboxylic acids is 1. The van der Waals surface area contributed by atoms with Gasteiger partial charge in [0.05, 0.1) is 5.02 Å². The Balaban J connectivity index is 1.88. The molecule has 28 heavy (non-hydrogen) atoms. The molecule has 0 bridgehead atoms. The fourth-order valence-corrected chi connectivity index (χ4v) is 4.75. The highest BCUT2D eigenvalue weighted by molar-refractivity contribution is 6.32. The van der Waals surface area contributed by atoms with Gasteiger partial charge in [-0.1, -0.05) is 64.8 Å². The first-order chi connectivity index (χ1) is 13.3. The number of fused-ring (bicyclic) bond motifs is 1. The molecule has 3 rings (SSSR count). The lowest BCUT2D eigenvalue weighted by Gasteiger charge is -2.42. The van der Waals surface area contributed by atoms with Crippen LogP contribution in [0, 0.1) is 17.8 Å². The minimum atomic E-state index is -0.862. The quantitative estimate of drug-likeness (QED) is 0.535. The Labute approximate surface area is 173 Å². The lowest BCUT2D eigenvalue weighted by atomic mass is 9.75. The van der Waals surface area contributed by atoms with Crippen LogP contribution in [0.15, 0.2) is 18.2 Å². The van der Waals surface area contributed by atoms with E-state index in [-0.39, 0.29) is 12.1 Å². The van der Waals surface area contributed by atoms with Gasteiger partial charge in [-0.25, -0.2) is 4.79 Å². The maximum absolute atomic E-state index is 13.3. The van der Waals surface area contributed by atoms with Crippen molar-refractivity contribution in [2.75, 3.05) is 0 Å². The highest BCUT2D eigenvalue weighted by atomic mass is 35.5. The Hall–Kier alpha value is -1.26. The maximum Gasteiger partial charge on any atom is 0.340 e. The summed E-state index contributed by atoms with van der Waals surface area (Å²) < 4.78 is 18.4. The molecule has 2 aliphatic rings. The van der Waals surface area contributed by atoms with Crippen molar-refractivity contribution in [2.45, 2.75) is 84.7 Å². The molecule has 4 nitrogen and oxygen atoms in total. The van der Waals surface area contributed by atoms with Gasteiger partial charge in [-0.05, 0) is 36.7 Å². The summed E-state index contributed by atoms with van der Waals surface area (Å²) in [7, 11) is 0. The van der Waals surface area contributed by atoms with Gasteiger partial charge in [-0.3, -0.25) is 0 Å². The molecule has 1 aromatic carbocycles. The third-order valence-corrected chi connectivity index (χ3v) is 6.72. The summed E-state index contributed by atoms with van der Waals surface area (Å²) in [6.45, 7) is 10.6. The molecule has 156 valence electrons. The van der Waals surface area contributed by atoms with Gasteiger partial charge in [0.15, 0.2) is 6.10 Å². The van der Waals surface area contributed by atoms with E-state index in [1.807, 2.05) is 26.0 Å². The van der Waals surface area contributed by atoms with Crippen LogP contribution in [-0.4, -0.2) is 17.9 Å². The molecule has 0 aromatic heterocycles. The molecule has 0 amide bonds. The lowest BCUT2D eigenvalue weighted by molar-refractivity contribution is -0.242. The maximum atomic E-state index is 13.3. The summed E-state index contributed by atoms with van der Waals surface area (Å²) >= 11 is 6.40. The van der Waals surface area contributed by atoms with Crippen LogP contribution >= 0.6 is 11.6 Å². The first-order valence-corrected chi connectivity index (χ1v) is 11.0. The van der Waals surface area contributed by atoms with Gasteiger partial charge in [0.2, 0.25) is 5.79 Å². The smallest absolute Gasteiger partial charge is 0.340 e. The molecular weight excluding hydrogens is 376 g/mol. The molecule has 0 radical (unpaired) electrons. The third-order valence-electron chi connectivity index (χ3n) is 6.42. The second kappa shape index (κ2) is 8.62. The Morgan fingerprint density at radius 2 is 2.00 bits per heavy atom. The first kappa shape index (κ1) is 21.4. The molecule has 5 heteroatoms. The zero-order valence-corrected chi connectivity index (χ0v) is 18.4. The van der Waals surface area contributed by atoms with E-state index in [9.17, 15) is 4.79 Å². The number of hydrogen-bond acceptors (Lipinski definition) is 4. The molecule has 1 aliphatic heterocycles. The number of ether oxygens (including phenoxy) is 3. The summed E-state index contributed by atoms with van der Waals surface area (Å²) in [6.07, 6.45) is 3.56. The predicted molar refractivity (Wildman–Crippen MR) is 110 cm³/mol. The van der Waals surface area contributed by atoms with Crippen LogP contribution in [0.3, 0.4) is 0 Å². The Morgan fingerprint density at radius 1 is 1.29 bits per heavy atom. The van der Waals surface area contributed by atoms with Crippen LogP contribution in [0.25, 0.3) is 0 Å². The highest BCUT2D eigenvalue weighted by Crippen LogP contribution is 2.46. The van der Waals surface area contributed by atoms with Crippen molar-refractivity contribution in [3.63, 3.8) is 0 Å². The molecule has 0 N–H and O–H groups in total. The standard InChI is InChI=1S/C23H33ClO4/c1-6-23(7-2)27-20-17(9-8-10-18(20)24)21(28-23)22(25)26-19-13-15(5)11-12-16(19)14(3)4/h8-10,14-16,19,21H,6-7,11-13H2,1-5H3/t15-,16+,19-,21?/m1/s1. The number of benzene rings is 1. The topological polar surface area (TPSA) is 44.8 Å². The van der Waals surface area contributed by atoms with Gasteiger partial charge < -0.3 is 14.2 Å². The van der Waals surface area contributed by atoms with Crippen LogP contribution < -0.4 is 4.74 Å². The minimum Gasteiger partial charge on any atom is -0.460 e. The molecule has 1 unspecified atom stereocenters. The average molecular weight is 409 g/mol. The zero-order valence-electron chi connectivity index (χ0n) is 17.7. The first-order valence-electron chi connectivity index (χ1n) is 10.7. The highest BCUT2D eigenvalue weighted by Gasteiger charge is 2.45. The van der Waals surface area contributed by atoms with Crippen LogP contribution in [0.1, 0.15) is 78.4 Å². The van der Waals surface area contributed by atoms with Gasteiger partial charge in [-0.2, -0.15) is 0 Å². The lowest BCUT2D eigenvalue weighted by Crippen LogP contribution is -2.46. The van der Waals surface area contributed by atoms with Crippen LogP contribution in [0.5, 0.6) is 5.75 Å². The fourth-order valence-electron chi connectivity index (χ4n) is 4.53. The van der Waals surface area contributed by atoms with Crippen molar-refractivity contribution in [2.24, 2.45) is 17.8 Å². The summed E-state index contributed by atoms with van der Waals surface area (Å²) in [5.74, 6) is 0.782. The van der Waals surface area contributed by atoms with Gasteiger partial charge >= 0.3 is 5.97 Å². The number of hydrogen-bond donors (Lipinski definition) is 0. The van der Waals surface area contributed by atoms with E-state index in [1.54, 1.807) is 6.07 Å². The Kier molecular flexibility index (Phi) is 6.61. The summed E-state index contributed by atoms with van der Waals surface area (Å²) in [6, 6.07) is 5.44. The van der Waals surface area contributed by atoms with E-state index in [2.05, 4.69) is 20.8 Å². The number of halogens is 1. The molecule has 1 aliphatic carbocycles. The number of esters is 1. The van der Waals surface area contributed by atoms with Crippen LogP contribution in [-0.2, 0) is 14.3 Å². The van der Waals surface area contributed by atoms with Gasteiger partial charge in [0.1, 0.15) is 11.9 Å². The second-order valence-electron chi connectivity index (χ2n) is 8.68. The SMILES string of the molecule is CCC1(CC)Oc2c(Cl)cccc2C(C(=O)O[C@@H]2C[C@H](C)CC[C@H]2C(C)C)O1. The Bertz CT molecular complexity index is 698. The van der Waals surface area contributed by atoms with Crippen molar-refractivity contribution in [3.8, 4) is 5.75 Å². The predicted octanol–water partition coefficient (Wildman–Crippen LogP) is 6.31. The van der Waals surface area contributed by atoms with Crippen molar-refractivity contribution in [1.82, 2.24) is 0 Å². The molecule has 1 aromatic rings. The Morgan fingerprint density at radius 3 is 2.64 bits per heavy atom. The van der Waals surface area contributed by atoms with E-state index in [0.29, 0.717) is 46.9 Å². The van der Waals surface area contributed by atoms with Crippen LogP contribution in [0.2, 0.25) is 5.02 Å². The zero-order chi connectivity index (χ0) is 20.5. The van der Waals surface area contributed by atoms with E-state index in [4.69, 9.17) is 25.8 Å². The summed E-state index contributed by atoms with van der Waals surface area (Å²) in [4.78, 5) is 13.3. The van der Waals surface area contributed by atoms with Gasteiger partial charge in [-0.15, -0.1) is 0 Å². The van der Waals surface area contributed by atoms with Gasteiger partial charge in [0, 0.05) is 18.4 Å². The largest absolute Gasteiger partial charge is 0.460 e. The monoisotopic (exact) mass is 408 g/mol. The molecule has 4 atom stereocenters. The number of carbonyl (C=O) groups is 1. The minimum absolute atomic E-state index is 0.0667.